The number of rotatable bonds is 4. The highest BCUT2D eigenvalue weighted by atomic mass is 16.4. The van der Waals surface area contributed by atoms with E-state index in [0.717, 1.165) is 24.7 Å². The van der Waals surface area contributed by atoms with Gasteiger partial charge in [0.05, 0.1) is 6.54 Å². The first-order chi connectivity index (χ1) is 6.93. The van der Waals surface area contributed by atoms with Gasteiger partial charge in [0.25, 0.3) is 0 Å². The Morgan fingerprint density at radius 1 is 1.47 bits per heavy atom. The van der Waals surface area contributed by atoms with Crippen LogP contribution in [0.5, 0.6) is 0 Å². The lowest BCUT2D eigenvalue weighted by molar-refractivity contribution is -0.136. The van der Waals surface area contributed by atoms with E-state index in [1.54, 1.807) is 0 Å². The number of aliphatic carboxylic acids is 1. The Bertz CT molecular complexity index is 218. The predicted octanol–water partition coefficient (Wildman–Crippen LogP) is 2.27. The lowest BCUT2D eigenvalue weighted by atomic mass is 9.74. The zero-order valence-corrected chi connectivity index (χ0v) is 10.0. The monoisotopic (exact) mass is 213 g/mol. The first-order valence-corrected chi connectivity index (χ1v) is 5.90. The molecule has 0 spiro atoms. The van der Waals surface area contributed by atoms with Gasteiger partial charge in [0.15, 0.2) is 0 Å². The molecule has 0 atom stereocenters. The van der Waals surface area contributed by atoms with E-state index < -0.39 is 5.97 Å². The van der Waals surface area contributed by atoms with Crippen LogP contribution in [0, 0.1) is 11.8 Å². The van der Waals surface area contributed by atoms with Crippen LogP contribution < -0.4 is 5.32 Å². The summed E-state index contributed by atoms with van der Waals surface area (Å²) in [6.07, 6.45) is 4.65. The van der Waals surface area contributed by atoms with Crippen LogP contribution in [-0.2, 0) is 4.79 Å². The van der Waals surface area contributed by atoms with Crippen molar-refractivity contribution in [1.29, 1.82) is 0 Å². The molecule has 1 aliphatic rings. The second-order valence-corrected chi connectivity index (χ2v) is 5.39. The number of carboxylic acids is 1. The van der Waals surface area contributed by atoms with Gasteiger partial charge < -0.3 is 10.4 Å². The Labute approximate surface area is 92.3 Å². The quantitative estimate of drug-likeness (QED) is 0.753. The highest BCUT2D eigenvalue weighted by Gasteiger charge is 2.31. The lowest BCUT2D eigenvalue weighted by Crippen LogP contribution is -2.47. The van der Waals surface area contributed by atoms with Gasteiger partial charge >= 0.3 is 5.97 Å². The van der Waals surface area contributed by atoms with Crippen molar-refractivity contribution in [2.75, 3.05) is 6.54 Å². The average Bonchev–Trinajstić information content (AvgIpc) is 2.16. The summed E-state index contributed by atoms with van der Waals surface area (Å²) >= 11 is 0. The standard InChI is InChI=1S/C12H23NO2/c1-9(2)10-4-6-12(3,7-5-10)13-8-11(14)15/h9-10,13H,4-8H2,1-3H3,(H,14,15). The summed E-state index contributed by atoms with van der Waals surface area (Å²) in [6, 6.07) is 0. The maximum Gasteiger partial charge on any atom is 0.317 e. The highest BCUT2D eigenvalue weighted by molar-refractivity contribution is 5.69. The third-order valence-electron chi connectivity index (χ3n) is 3.74. The molecule has 0 bridgehead atoms. The predicted molar refractivity (Wildman–Crippen MR) is 60.8 cm³/mol. The van der Waals surface area contributed by atoms with Crippen molar-refractivity contribution in [2.24, 2.45) is 11.8 Å². The summed E-state index contributed by atoms with van der Waals surface area (Å²) in [5.74, 6) is 0.820. The maximum absolute atomic E-state index is 10.5. The van der Waals surface area contributed by atoms with Gasteiger partial charge in [0.2, 0.25) is 0 Å². The van der Waals surface area contributed by atoms with Gasteiger partial charge in [-0.05, 0) is 44.4 Å². The van der Waals surface area contributed by atoms with Crippen LogP contribution in [0.4, 0.5) is 0 Å². The third kappa shape index (κ3) is 3.82. The summed E-state index contributed by atoms with van der Waals surface area (Å²) in [4.78, 5) is 10.5. The molecule has 3 nitrogen and oxygen atoms in total. The Balaban J connectivity index is 2.37. The molecule has 1 aliphatic carbocycles. The Morgan fingerprint density at radius 3 is 2.40 bits per heavy atom. The van der Waals surface area contributed by atoms with Gasteiger partial charge in [-0.2, -0.15) is 0 Å². The first kappa shape index (κ1) is 12.5. The summed E-state index contributed by atoms with van der Waals surface area (Å²) in [7, 11) is 0. The number of carbonyl (C=O) groups is 1. The van der Waals surface area contributed by atoms with Crippen LogP contribution in [0.15, 0.2) is 0 Å². The van der Waals surface area contributed by atoms with E-state index in [2.05, 4.69) is 26.1 Å². The van der Waals surface area contributed by atoms with E-state index in [9.17, 15) is 4.79 Å². The van der Waals surface area contributed by atoms with Crippen LogP contribution in [-0.4, -0.2) is 23.2 Å². The van der Waals surface area contributed by atoms with Crippen molar-refractivity contribution >= 4 is 5.97 Å². The normalized spacial score (nSPS) is 31.9. The smallest absolute Gasteiger partial charge is 0.317 e. The molecule has 88 valence electrons. The molecular formula is C12H23NO2. The van der Waals surface area contributed by atoms with Crippen molar-refractivity contribution in [3.8, 4) is 0 Å². The number of hydrogen-bond acceptors (Lipinski definition) is 2. The zero-order chi connectivity index (χ0) is 11.5. The summed E-state index contributed by atoms with van der Waals surface area (Å²) in [5, 5.41) is 11.8. The fraction of sp³-hybridized carbons (Fsp3) is 0.917. The van der Waals surface area contributed by atoms with Gasteiger partial charge in [0.1, 0.15) is 0 Å². The summed E-state index contributed by atoms with van der Waals surface area (Å²) in [6.45, 7) is 6.78. The minimum atomic E-state index is -0.762. The molecule has 0 aromatic rings. The molecule has 0 aliphatic heterocycles. The molecule has 0 aromatic carbocycles. The second-order valence-electron chi connectivity index (χ2n) is 5.39. The third-order valence-corrected chi connectivity index (χ3v) is 3.74. The molecule has 0 saturated heterocycles. The van der Waals surface area contributed by atoms with Crippen LogP contribution in [0.2, 0.25) is 0 Å². The topological polar surface area (TPSA) is 49.3 Å². The fourth-order valence-corrected chi connectivity index (χ4v) is 2.41. The second kappa shape index (κ2) is 4.97. The molecule has 1 fully saturated rings. The van der Waals surface area contributed by atoms with E-state index >= 15 is 0 Å². The summed E-state index contributed by atoms with van der Waals surface area (Å²) in [5.41, 5.74) is 0.0454. The lowest BCUT2D eigenvalue weighted by Gasteiger charge is -2.39. The van der Waals surface area contributed by atoms with Crippen molar-refractivity contribution in [3.63, 3.8) is 0 Å². The molecule has 1 saturated carbocycles. The molecule has 3 heteroatoms. The SMILES string of the molecule is CC(C)C1CCC(C)(NCC(=O)O)CC1. The maximum atomic E-state index is 10.5. The van der Waals surface area contributed by atoms with Gasteiger partial charge in [-0.3, -0.25) is 4.79 Å². The molecule has 0 radical (unpaired) electrons. The largest absolute Gasteiger partial charge is 0.480 e. The van der Waals surface area contributed by atoms with E-state index in [-0.39, 0.29) is 12.1 Å². The van der Waals surface area contributed by atoms with Crippen LogP contribution in [0.25, 0.3) is 0 Å². The molecule has 2 N–H and O–H groups in total. The number of nitrogens with one attached hydrogen (secondary N) is 1. The van der Waals surface area contributed by atoms with Crippen molar-refractivity contribution in [1.82, 2.24) is 5.32 Å². The fourth-order valence-electron chi connectivity index (χ4n) is 2.41. The van der Waals surface area contributed by atoms with Crippen LogP contribution in [0.3, 0.4) is 0 Å². The van der Waals surface area contributed by atoms with Gasteiger partial charge in [-0.25, -0.2) is 0 Å². The van der Waals surface area contributed by atoms with Gasteiger partial charge in [-0.15, -0.1) is 0 Å². The van der Waals surface area contributed by atoms with E-state index in [1.807, 2.05) is 0 Å². The number of carboxylic acid groups (broad SMARTS) is 1. The van der Waals surface area contributed by atoms with E-state index in [1.165, 1.54) is 12.8 Å². The minimum Gasteiger partial charge on any atom is -0.480 e. The van der Waals surface area contributed by atoms with Gasteiger partial charge in [0, 0.05) is 5.54 Å². The molecule has 0 amide bonds. The molecule has 1 rings (SSSR count). The average molecular weight is 213 g/mol. The Morgan fingerprint density at radius 2 is 2.00 bits per heavy atom. The summed E-state index contributed by atoms with van der Waals surface area (Å²) < 4.78 is 0. The van der Waals surface area contributed by atoms with E-state index in [0.29, 0.717) is 0 Å². The Hall–Kier alpha value is -0.570. The highest BCUT2D eigenvalue weighted by Crippen LogP contribution is 2.35. The first-order valence-electron chi connectivity index (χ1n) is 5.90. The zero-order valence-electron chi connectivity index (χ0n) is 10.0. The van der Waals surface area contributed by atoms with Gasteiger partial charge in [-0.1, -0.05) is 13.8 Å². The van der Waals surface area contributed by atoms with E-state index in [4.69, 9.17) is 5.11 Å². The molecule has 0 aromatic heterocycles. The van der Waals surface area contributed by atoms with Crippen LogP contribution in [0.1, 0.15) is 46.5 Å². The molecule has 0 heterocycles. The molecule has 0 unspecified atom stereocenters. The van der Waals surface area contributed by atoms with Crippen molar-refractivity contribution < 1.29 is 9.90 Å². The van der Waals surface area contributed by atoms with Crippen LogP contribution >= 0.6 is 0 Å². The minimum absolute atomic E-state index is 0.0454. The van der Waals surface area contributed by atoms with Crippen molar-refractivity contribution in [2.45, 2.75) is 52.0 Å². The number of hydrogen-bond donors (Lipinski definition) is 2. The molecule has 15 heavy (non-hydrogen) atoms. The van der Waals surface area contributed by atoms with Crippen molar-refractivity contribution in [3.05, 3.63) is 0 Å². The molecular weight excluding hydrogens is 190 g/mol. The Kier molecular flexibility index (Phi) is 4.14.